The zero-order valence-electron chi connectivity index (χ0n) is 8.70. The average molecular weight is 182 g/mol. The first-order valence-corrected chi connectivity index (χ1v) is 4.43. The van der Waals surface area contributed by atoms with Gasteiger partial charge in [-0.05, 0) is 32.4 Å². The zero-order chi connectivity index (χ0) is 10.2. The number of aromatic nitrogens is 1. The quantitative estimate of drug-likeness (QED) is 0.719. The molecule has 0 spiro atoms. The van der Waals surface area contributed by atoms with Crippen molar-refractivity contribution in [2.24, 2.45) is 12.8 Å². The molecule has 0 amide bonds. The third-order valence-corrected chi connectivity index (χ3v) is 2.39. The first-order valence-electron chi connectivity index (χ1n) is 4.43. The summed E-state index contributed by atoms with van der Waals surface area (Å²) in [7, 11) is 1.97. The van der Waals surface area contributed by atoms with Crippen molar-refractivity contribution < 1.29 is 5.11 Å². The summed E-state index contributed by atoms with van der Waals surface area (Å²) in [5.74, 6) is 0. The third kappa shape index (κ3) is 2.11. The number of aliphatic hydroxyl groups is 1. The van der Waals surface area contributed by atoms with Crippen molar-refractivity contribution in [1.82, 2.24) is 4.57 Å². The van der Waals surface area contributed by atoms with Gasteiger partial charge in [-0.1, -0.05) is 0 Å². The standard InChI is InChI=1S/C10H18N2O/c1-7-5-8(6-12(7)4)9(11)10(2,3)13/h5-6,9,13H,11H2,1-4H3. The Kier molecular flexibility index (Phi) is 2.50. The normalized spacial score (nSPS) is 14.6. The molecule has 1 aromatic heterocycles. The van der Waals surface area contributed by atoms with Crippen LogP contribution >= 0.6 is 0 Å². The number of nitrogens with two attached hydrogens (primary N) is 1. The minimum Gasteiger partial charge on any atom is -0.388 e. The van der Waals surface area contributed by atoms with Crippen LogP contribution in [0.4, 0.5) is 0 Å². The molecule has 1 atom stereocenters. The number of rotatable bonds is 2. The van der Waals surface area contributed by atoms with Gasteiger partial charge < -0.3 is 15.4 Å². The maximum absolute atomic E-state index is 9.71. The largest absolute Gasteiger partial charge is 0.388 e. The number of aryl methyl sites for hydroxylation is 2. The summed E-state index contributed by atoms with van der Waals surface area (Å²) in [6.07, 6.45) is 1.96. The van der Waals surface area contributed by atoms with Gasteiger partial charge in [0.05, 0.1) is 11.6 Å². The molecule has 0 fully saturated rings. The van der Waals surface area contributed by atoms with E-state index in [1.807, 2.05) is 30.8 Å². The Bertz CT molecular complexity index is 277. The molecule has 13 heavy (non-hydrogen) atoms. The van der Waals surface area contributed by atoms with Crippen LogP contribution in [0, 0.1) is 6.92 Å². The Hall–Kier alpha value is -0.800. The van der Waals surface area contributed by atoms with Gasteiger partial charge in [-0.3, -0.25) is 0 Å². The summed E-state index contributed by atoms with van der Waals surface area (Å²) in [4.78, 5) is 0. The summed E-state index contributed by atoms with van der Waals surface area (Å²) >= 11 is 0. The molecule has 3 heteroatoms. The fraction of sp³-hybridized carbons (Fsp3) is 0.600. The van der Waals surface area contributed by atoms with Crippen LogP contribution in [0.5, 0.6) is 0 Å². The maximum Gasteiger partial charge on any atom is 0.0784 e. The van der Waals surface area contributed by atoms with Crippen LogP contribution in [0.1, 0.15) is 31.1 Å². The smallest absolute Gasteiger partial charge is 0.0784 e. The molecule has 0 saturated carbocycles. The van der Waals surface area contributed by atoms with Gasteiger partial charge in [-0.15, -0.1) is 0 Å². The summed E-state index contributed by atoms with van der Waals surface area (Å²) in [5, 5.41) is 9.71. The number of nitrogens with zero attached hydrogens (tertiary/aromatic N) is 1. The topological polar surface area (TPSA) is 51.2 Å². The second-order valence-electron chi connectivity index (χ2n) is 4.16. The molecule has 0 bridgehead atoms. The Morgan fingerprint density at radius 2 is 2.08 bits per heavy atom. The molecule has 0 aliphatic heterocycles. The van der Waals surface area contributed by atoms with E-state index in [1.54, 1.807) is 13.8 Å². The van der Waals surface area contributed by atoms with E-state index in [0.717, 1.165) is 11.3 Å². The van der Waals surface area contributed by atoms with Crippen molar-refractivity contribution in [2.45, 2.75) is 32.4 Å². The highest BCUT2D eigenvalue weighted by atomic mass is 16.3. The molecule has 3 N–H and O–H groups in total. The predicted octanol–water partition coefficient (Wildman–Crippen LogP) is 1.10. The van der Waals surface area contributed by atoms with Crippen LogP contribution in [0.25, 0.3) is 0 Å². The second kappa shape index (κ2) is 3.16. The lowest BCUT2D eigenvalue weighted by Gasteiger charge is -2.24. The summed E-state index contributed by atoms with van der Waals surface area (Å²) in [6.45, 7) is 5.46. The van der Waals surface area contributed by atoms with Gasteiger partial charge >= 0.3 is 0 Å². The minimum absolute atomic E-state index is 0.326. The molecule has 0 aromatic carbocycles. The molecule has 1 aromatic rings. The van der Waals surface area contributed by atoms with Gasteiger partial charge in [0.15, 0.2) is 0 Å². The van der Waals surface area contributed by atoms with E-state index in [2.05, 4.69) is 0 Å². The van der Waals surface area contributed by atoms with Gasteiger partial charge in [0.1, 0.15) is 0 Å². The van der Waals surface area contributed by atoms with Crippen molar-refractivity contribution >= 4 is 0 Å². The Balaban J connectivity index is 2.96. The fourth-order valence-corrected chi connectivity index (χ4v) is 1.28. The van der Waals surface area contributed by atoms with Crippen molar-refractivity contribution in [3.05, 3.63) is 23.5 Å². The Morgan fingerprint density at radius 3 is 2.38 bits per heavy atom. The van der Waals surface area contributed by atoms with E-state index in [1.165, 1.54) is 0 Å². The van der Waals surface area contributed by atoms with Gasteiger partial charge in [-0.25, -0.2) is 0 Å². The molecule has 1 unspecified atom stereocenters. The van der Waals surface area contributed by atoms with Crippen LogP contribution in [0.3, 0.4) is 0 Å². The van der Waals surface area contributed by atoms with Gasteiger partial charge in [0, 0.05) is 18.9 Å². The molecule has 74 valence electrons. The van der Waals surface area contributed by atoms with Crippen molar-refractivity contribution in [2.75, 3.05) is 0 Å². The first-order chi connectivity index (χ1) is 5.82. The molecule has 1 rings (SSSR count). The minimum atomic E-state index is -0.867. The van der Waals surface area contributed by atoms with Crippen LogP contribution in [-0.2, 0) is 7.05 Å². The molecule has 0 aliphatic rings. The average Bonchev–Trinajstić information content (AvgIpc) is 2.29. The van der Waals surface area contributed by atoms with Gasteiger partial charge in [-0.2, -0.15) is 0 Å². The van der Waals surface area contributed by atoms with Crippen molar-refractivity contribution in [3.8, 4) is 0 Å². The van der Waals surface area contributed by atoms with Crippen molar-refractivity contribution in [3.63, 3.8) is 0 Å². The lowest BCUT2D eigenvalue weighted by atomic mass is 9.95. The van der Waals surface area contributed by atoms with Crippen LogP contribution in [0.2, 0.25) is 0 Å². The number of hydrogen-bond donors (Lipinski definition) is 2. The molecular formula is C10H18N2O. The molecule has 0 radical (unpaired) electrons. The summed E-state index contributed by atoms with van der Waals surface area (Å²) in [6, 6.07) is 1.68. The van der Waals surface area contributed by atoms with E-state index < -0.39 is 5.60 Å². The number of hydrogen-bond acceptors (Lipinski definition) is 2. The molecule has 1 heterocycles. The van der Waals surface area contributed by atoms with E-state index in [-0.39, 0.29) is 6.04 Å². The highest BCUT2D eigenvalue weighted by Gasteiger charge is 2.25. The highest BCUT2D eigenvalue weighted by molar-refractivity contribution is 5.22. The Morgan fingerprint density at radius 1 is 1.54 bits per heavy atom. The van der Waals surface area contributed by atoms with Crippen molar-refractivity contribution in [1.29, 1.82) is 0 Å². The lowest BCUT2D eigenvalue weighted by Crippen LogP contribution is -2.34. The highest BCUT2D eigenvalue weighted by Crippen LogP contribution is 2.23. The van der Waals surface area contributed by atoms with E-state index >= 15 is 0 Å². The molecule has 3 nitrogen and oxygen atoms in total. The summed E-state index contributed by atoms with van der Waals surface area (Å²) in [5.41, 5.74) is 7.15. The van der Waals surface area contributed by atoms with E-state index in [4.69, 9.17) is 5.73 Å². The van der Waals surface area contributed by atoms with Crippen LogP contribution in [0.15, 0.2) is 12.3 Å². The molecule has 0 saturated heterocycles. The van der Waals surface area contributed by atoms with Crippen LogP contribution in [-0.4, -0.2) is 15.3 Å². The SMILES string of the molecule is Cc1cc(C(N)C(C)(C)O)cn1C. The van der Waals surface area contributed by atoms with Gasteiger partial charge in [0.2, 0.25) is 0 Å². The lowest BCUT2D eigenvalue weighted by molar-refractivity contribution is 0.0517. The van der Waals surface area contributed by atoms with E-state index in [9.17, 15) is 5.11 Å². The summed E-state index contributed by atoms with van der Waals surface area (Å²) < 4.78 is 2.00. The second-order valence-corrected chi connectivity index (χ2v) is 4.16. The zero-order valence-corrected chi connectivity index (χ0v) is 8.70. The van der Waals surface area contributed by atoms with E-state index in [0.29, 0.717) is 0 Å². The third-order valence-electron chi connectivity index (χ3n) is 2.39. The van der Waals surface area contributed by atoms with Gasteiger partial charge in [0.25, 0.3) is 0 Å². The maximum atomic E-state index is 9.71. The monoisotopic (exact) mass is 182 g/mol. The van der Waals surface area contributed by atoms with Crippen LogP contribution < -0.4 is 5.73 Å². The fourth-order valence-electron chi connectivity index (χ4n) is 1.28. The Labute approximate surface area is 79.2 Å². The molecule has 0 aliphatic carbocycles. The predicted molar refractivity (Wildman–Crippen MR) is 53.4 cm³/mol. The first kappa shape index (κ1) is 10.3. The molecular weight excluding hydrogens is 164 g/mol.